The van der Waals surface area contributed by atoms with E-state index in [1.807, 2.05) is 0 Å². The van der Waals surface area contributed by atoms with Gasteiger partial charge in [-0.15, -0.1) is 0 Å². The third-order valence-electron chi connectivity index (χ3n) is 3.98. The van der Waals surface area contributed by atoms with E-state index in [9.17, 15) is 0 Å². The normalized spacial score (nSPS) is 17.4. The minimum absolute atomic E-state index is 0.485. The molecule has 1 aliphatic rings. The Balaban J connectivity index is 1.67. The van der Waals surface area contributed by atoms with Crippen molar-refractivity contribution in [3.8, 4) is 5.75 Å². The number of nitrogens with zero attached hydrogens (tertiary/aromatic N) is 1. The predicted molar refractivity (Wildman–Crippen MR) is 90.4 cm³/mol. The summed E-state index contributed by atoms with van der Waals surface area (Å²) in [5.74, 6) is 0.971. The average Bonchev–Trinajstić information content (AvgIpc) is 2.55. The van der Waals surface area contributed by atoms with Crippen molar-refractivity contribution in [3.05, 3.63) is 29.8 Å². The lowest BCUT2D eigenvalue weighted by molar-refractivity contribution is 0.0343. The fourth-order valence-corrected chi connectivity index (χ4v) is 2.57. The zero-order valence-electron chi connectivity index (χ0n) is 14.0. The third-order valence-corrected chi connectivity index (χ3v) is 3.98. The van der Waals surface area contributed by atoms with Crippen molar-refractivity contribution in [1.29, 1.82) is 0 Å². The summed E-state index contributed by atoms with van der Waals surface area (Å²) in [4.78, 5) is 2.46. The average molecular weight is 306 g/mol. The molecule has 1 aromatic carbocycles. The van der Waals surface area contributed by atoms with Crippen LogP contribution in [0.5, 0.6) is 5.75 Å². The molecule has 2 rings (SSSR count). The molecule has 22 heavy (non-hydrogen) atoms. The summed E-state index contributed by atoms with van der Waals surface area (Å²) in [5.41, 5.74) is 1.30. The summed E-state index contributed by atoms with van der Waals surface area (Å²) in [7, 11) is 0. The molecule has 124 valence electrons. The van der Waals surface area contributed by atoms with Gasteiger partial charge in [0.15, 0.2) is 0 Å². The number of unbranched alkanes of at least 4 members (excludes halogenated alkanes) is 1. The van der Waals surface area contributed by atoms with Crippen LogP contribution in [0, 0.1) is 0 Å². The molecule has 0 aromatic heterocycles. The van der Waals surface area contributed by atoms with E-state index in [2.05, 4.69) is 48.3 Å². The van der Waals surface area contributed by atoms with Crippen molar-refractivity contribution >= 4 is 0 Å². The number of morpholine rings is 1. The number of ether oxygens (including phenoxy) is 2. The highest BCUT2D eigenvalue weighted by atomic mass is 16.5. The van der Waals surface area contributed by atoms with E-state index < -0.39 is 0 Å². The largest absolute Gasteiger partial charge is 0.494 e. The maximum absolute atomic E-state index is 5.69. The molecule has 0 radical (unpaired) electrons. The van der Waals surface area contributed by atoms with E-state index in [0.29, 0.717) is 6.04 Å². The first kappa shape index (κ1) is 17.3. The third kappa shape index (κ3) is 6.34. The van der Waals surface area contributed by atoms with Gasteiger partial charge in [0.1, 0.15) is 5.75 Å². The summed E-state index contributed by atoms with van der Waals surface area (Å²) in [6.45, 7) is 11.1. The fraction of sp³-hybridized carbons (Fsp3) is 0.667. The van der Waals surface area contributed by atoms with Gasteiger partial charge in [0.2, 0.25) is 0 Å². The van der Waals surface area contributed by atoms with Crippen molar-refractivity contribution < 1.29 is 9.47 Å². The highest BCUT2D eigenvalue weighted by Crippen LogP contribution is 2.12. The Kier molecular flexibility index (Phi) is 7.71. The summed E-state index contributed by atoms with van der Waals surface area (Å²) >= 11 is 0. The first-order valence-electron chi connectivity index (χ1n) is 8.53. The number of nitrogens with one attached hydrogen (secondary N) is 1. The molecule has 4 nitrogen and oxygen atoms in total. The maximum Gasteiger partial charge on any atom is 0.119 e. The van der Waals surface area contributed by atoms with E-state index in [1.165, 1.54) is 12.0 Å². The number of benzene rings is 1. The van der Waals surface area contributed by atoms with Gasteiger partial charge in [-0.2, -0.15) is 0 Å². The van der Waals surface area contributed by atoms with Crippen molar-refractivity contribution in [2.75, 3.05) is 39.5 Å². The highest BCUT2D eigenvalue weighted by Gasteiger charge is 2.13. The van der Waals surface area contributed by atoms with E-state index >= 15 is 0 Å². The zero-order valence-corrected chi connectivity index (χ0v) is 14.0. The van der Waals surface area contributed by atoms with E-state index in [0.717, 1.165) is 58.2 Å². The van der Waals surface area contributed by atoms with Gasteiger partial charge >= 0.3 is 0 Å². The summed E-state index contributed by atoms with van der Waals surface area (Å²) in [6.07, 6.45) is 2.28. The van der Waals surface area contributed by atoms with Crippen LogP contribution in [0.1, 0.15) is 32.3 Å². The van der Waals surface area contributed by atoms with Gasteiger partial charge in [-0.25, -0.2) is 0 Å². The van der Waals surface area contributed by atoms with Gasteiger partial charge in [0.05, 0.1) is 19.8 Å². The molecule has 0 aliphatic carbocycles. The second-order valence-corrected chi connectivity index (χ2v) is 6.04. The Morgan fingerprint density at radius 1 is 1.23 bits per heavy atom. The number of hydrogen-bond acceptors (Lipinski definition) is 4. The van der Waals surface area contributed by atoms with Gasteiger partial charge in [-0.3, -0.25) is 4.90 Å². The lowest BCUT2D eigenvalue weighted by Gasteiger charge is -2.29. The minimum Gasteiger partial charge on any atom is -0.494 e. The molecule has 1 fully saturated rings. The Bertz CT molecular complexity index is 402. The SMILES string of the molecule is CCCCOc1ccc(CNC(C)CN2CCOCC2)cc1. The van der Waals surface area contributed by atoms with Crippen LogP contribution in [-0.4, -0.2) is 50.4 Å². The van der Waals surface area contributed by atoms with Crippen molar-refractivity contribution in [2.45, 2.75) is 39.3 Å². The summed E-state index contributed by atoms with van der Waals surface area (Å²) < 4.78 is 11.1. The van der Waals surface area contributed by atoms with Crippen LogP contribution < -0.4 is 10.1 Å². The molecule has 0 bridgehead atoms. The van der Waals surface area contributed by atoms with Crippen molar-refractivity contribution in [2.24, 2.45) is 0 Å². The molecule has 1 unspecified atom stereocenters. The molecular weight excluding hydrogens is 276 g/mol. The van der Waals surface area contributed by atoms with Crippen LogP contribution in [0.15, 0.2) is 24.3 Å². The molecule has 1 N–H and O–H groups in total. The summed E-state index contributed by atoms with van der Waals surface area (Å²) in [6, 6.07) is 8.92. The molecule has 1 heterocycles. The number of hydrogen-bond donors (Lipinski definition) is 1. The van der Waals surface area contributed by atoms with Gasteiger partial charge in [-0.05, 0) is 31.0 Å². The standard InChI is InChI=1S/C18H30N2O2/c1-3-4-11-22-18-7-5-17(6-8-18)14-19-16(2)15-20-9-12-21-13-10-20/h5-8,16,19H,3-4,9-15H2,1-2H3. The molecule has 4 heteroatoms. The molecule has 1 atom stereocenters. The Labute approximate surface area is 134 Å². The molecular formula is C18H30N2O2. The topological polar surface area (TPSA) is 33.7 Å². The quantitative estimate of drug-likeness (QED) is 0.711. The smallest absolute Gasteiger partial charge is 0.119 e. The molecule has 0 amide bonds. The maximum atomic E-state index is 5.69. The lowest BCUT2D eigenvalue weighted by Crippen LogP contribution is -2.44. The van der Waals surface area contributed by atoms with Crippen LogP contribution >= 0.6 is 0 Å². The minimum atomic E-state index is 0.485. The first-order valence-corrected chi connectivity index (χ1v) is 8.53. The van der Waals surface area contributed by atoms with E-state index in [-0.39, 0.29) is 0 Å². The van der Waals surface area contributed by atoms with Crippen LogP contribution in [0.25, 0.3) is 0 Å². The van der Waals surface area contributed by atoms with Crippen LogP contribution in [0.2, 0.25) is 0 Å². The van der Waals surface area contributed by atoms with Gasteiger partial charge in [0, 0.05) is 32.2 Å². The Morgan fingerprint density at radius 3 is 2.64 bits per heavy atom. The predicted octanol–water partition coefficient (Wildman–Crippen LogP) is 2.68. The second-order valence-electron chi connectivity index (χ2n) is 6.04. The van der Waals surface area contributed by atoms with E-state index in [1.54, 1.807) is 0 Å². The van der Waals surface area contributed by atoms with Gasteiger partial charge in [0.25, 0.3) is 0 Å². The van der Waals surface area contributed by atoms with Crippen molar-refractivity contribution in [3.63, 3.8) is 0 Å². The molecule has 1 aromatic rings. The zero-order chi connectivity index (χ0) is 15.6. The highest BCUT2D eigenvalue weighted by molar-refractivity contribution is 5.27. The summed E-state index contributed by atoms with van der Waals surface area (Å²) in [5, 5.41) is 3.59. The van der Waals surface area contributed by atoms with Crippen molar-refractivity contribution in [1.82, 2.24) is 10.2 Å². The molecule has 1 saturated heterocycles. The Morgan fingerprint density at radius 2 is 1.95 bits per heavy atom. The van der Waals surface area contributed by atoms with E-state index in [4.69, 9.17) is 9.47 Å². The number of rotatable bonds is 9. The van der Waals surface area contributed by atoms with Gasteiger partial charge in [-0.1, -0.05) is 25.5 Å². The molecule has 1 aliphatic heterocycles. The monoisotopic (exact) mass is 306 g/mol. The molecule has 0 saturated carbocycles. The lowest BCUT2D eigenvalue weighted by atomic mass is 10.2. The second kappa shape index (κ2) is 9.82. The van der Waals surface area contributed by atoms with Crippen LogP contribution in [0.3, 0.4) is 0 Å². The first-order chi connectivity index (χ1) is 10.8. The molecule has 0 spiro atoms. The van der Waals surface area contributed by atoms with Crippen LogP contribution in [0.4, 0.5) is 0 Å². The fourth-order valence-electron chi connectivity index (χ4n) is 2.57. The Hall–Kier alpha value is -1.10. The van der Waals surface area contributed by atoms with Crippen LogP contribution in [-0.2, 0) is 11.3 Å². The van der Waals surface area contributed by atoms with Gasteiger partial charge < -0.3 is 14.8 Å².